The van der Waals surface area contributed by atoms with E-state index in [4.69, 9.17) is 0 Å². The van der Waals surface area contributed by atoms with E-state index in [1.54, 1.807) is 12.1 Å². The predicted octanol–water partition coefficient (Wildman–Crippen LogP) is 0.306. The van der Waals surface area contributed by atoms with Crippen molar-refractivity contribution in [3.63, 3.8) is 0 Å². The van der Waals surface area contributed by atoms with Gasteiger partial charge in [0, 0.05) is 10.8 Å². The van der Waals surface area contributed by atoms with Crippen LogP contribution in [-0.4, -0.2) is 20.1 Å². The Morgan fingerprint density at radius 1 is 0.625 bits per heavy atom. The zero-order valence-corrected chi connectivity index (χ0v) is 11.8. The standard InChI is InChI=1S/C16H7N3O5/c20-5-3-1-2-4-6(5)7-8-9(14(22)18-13(8)21)10-11(12(7)17-4)16(24)19-15(10)23/h1-3,17,20H,(H,18,21,22)(H,19,23,24). The Morgan fingerprint density at radius 2 is 1.17 bits per heavy atom. The molecular weight excluding hydrogens is 314 g/mol. The number of phenolic OH excluding ortho intramolecular Hbond substituents is 1. The number of aromatic hydroxyl groups is 1. The first-order chi connectivity index (χ1) is 11.5. The number of hydrogen-bond acceptors (Lipinski definition) is 5. The average Bonchev–Trinajstić information content (AvgIpc) is 3.13. The van der Waals surface area contributed by atoms with Gasteiger partial charge in [-0.05, 0) is 12.1 Å². The number of hydrogen-bond donors (Lipinski definition) is 4. The van der Waals surface area contributed by atoms with Crippen molar-refractivity contribution in [2.75, 3.05) is 0 Å². The van der Waals surface area contributed by atoms with Crippen LogP contribution in [0.4, 0.5) is 0 Å². The first kappa shape index (κ1) is 12.8. The molecular formula is C16H7N3O5. The van der Waals surface area contributed by atoms with Crippen molar-refractivity contribution in [2.45, 2.75) is 0 Å². The lowest BCUT2D eigenvalue weighted by atomic mass is 10.0. The molecule has 0 radical (unpaired) electrons. The van der Waals surface area contributed by atoms with Crippen LogP contribution in [-0.2, 0) is 0 Å². The van der Waals surface area contributed by atoms with Crippen molar-refractivity contribution < 1.29 is 5.11 Å². The molecule has 0 saturated heterocycles. The third-order valence-electron chi connectivity index (χ3n) is 4.41. The number of phenols is 1. The fourth-order valence-electron chi connectivity index (χ4n) is 3.53. The summed E-state index contributed by atoms with van der Waals surface area (Å²) in [4.78, 5) is 56.1. The number of rotatable bonds is 0. The molecule has 0 fully saturated rings. The number of aromatic nitrogens is 3. The van der Waals surface area contributed by atoms with Crippen LogP contribution in [0.15, 0.2) is 37.4 Å². The lowest BCUT2D eigenvalue weighted by Gasteiger charge is -1.97. The molecule has 24 heavy (non-hydrogen) atoms. The van der Waals surface area contributed by atoms with E-state index in [1.807, 2.05) is 0 Å². The maximum absolute atomic E-state index is 12.3. The Kier molecular flexibility index (Phi) is 2.03. The molecule has 0 amide bonds. The summed E-state index contributed by atoms with van der Waals surface area (Å²) < 4.78 is 0. The largest absolute Gasteiger partial charge is 0.507 e. The van der Waals surface area contributed by atoms with Crippen LogP contribution in [0.2, 0.25) is 0 Å². The number of aromatic amines is 3. The van der Waals surface area contributed by atoms with E-state index in [9.17, 15) is 24.3 Å². The molecule has 8 nitrogen and oxygen atoms in total. The molecule has 2 aromatic carbocycles. The second-order valence-corrected chi connectivity index (χ2v) is 5.64. The third kappa shape index (κ3) is 1.25. The fourth-order valence-corrected chi connectivity index (χ4v) is 3.53. The average molecular weight is 321 g/mol. The highest BCUT2D eigenvalue weighted by molar-refractivity contribution is 6.31. The molecule has 0 aliphatic heterocycles. The van der Waals surface area contributed by atoms with Crippen LogP contribution < -0.4 is 22.2 Å². The van der Waals surface area contributed by atoms with E-state index < -0.39 is 22.2 Å². The molecule has 0 aliphatic rings. The van der Waals surface area contributed by atoms with Gasteiger partial charge in [-0.1, -0.05) is 6.07 Å². The van der Waals surface area contributed by atoms with Gasteiger partial charge in [-0.25, -0.2) is 0 Å². The molecule has 0 aliphatic carbocycles. The third-order valence-corrected chi connectivity index (χ3v) is 4.41. The first-order valence-corrected chi connectivity index (χ1v) is 7.03. The van der Waals surface area contributed by atoms with Gasteiger partial charge in [-0.2, -0.15) is 0 Å². The minimum Gasteiger partial charge on any atom is -0.507 e. The van der Waals surface area contributed by atoms with E-state index in [0.717, 1.165) is 0 Å². The summed E-state index contributed by atoms with van der Waals surface area (Å²) in [6.07, 6.45) is 0. The van der Waals surface area contributed by atoms with Gasteiger partial charge < -0.3 is 10.1 Å². The van der Waals surface area contributed by atoms with Crippen LogP contribution in [0.3, 0.4) is 0 Å². The maximum Gasteiger partial charge on any atom is 0.261 e. The van der Waals surface area contributed by atoms with E-state index in [2.05, 4.69) is 15.0 Å². The monoisotopic (exact) mass is 321 g/mol. The molecule has 0 spiro atoms. The van der Waals surface area contributed by atoms with Gasteiger partial charge in [0.05, 0.1) is 32.6 Å². The van der Waals surface area contributed by atoms with Crippen LogP contribution in [0, 0.1) is 0 Å². The Hall–Kier alpha value is -3.68. The zero-order chi connectivity index (χ0) is 16.7. The Labute approximate surface area is 129 Å². The van der Waals surface area contributed by atoms with Gasteiger partial charge in [-0.15, -0.1) is 0 Å². The van der Waals surface area contributed by atoms with Gasteiger partial charge in [-0.3, -0.25) is 29.1 Å². The summed E-state index contributed by atoms with van der Waals surface area (Å²) in [5.74, 6) is -0.0993. The summed E-state index contributed by atoms with van der Waals surface area (Å²) in [5.41, 5.74) is -2.04. The molecule has 3 aromatic heterocycles. The molecule has 4 N–H and O–H groups in total. The van der Waals surface area contributed by atoms with E-state index >= 15 is 0 Å². The van der Waals surface area contributed by atoms with Crippen LogP contribution >= 0.6 is 0 Å². The van der Waals surface area contributed by atoms with Crippen molar-refractivity contribution >= 4 is 43.4 Å². The fraction of sp³-hybridized carbons (Fsp3) is 0. The molecule has 0 unspecified atom stereocenters. The second kappa shape index (κ2) is 3.80. The molecule has 0 saturated carbocycles. The first-order valence-electron chi connectivity index (χ1n) is 7.03. The number of nitrogens with one attached hydrogen (secondary N) is 3. The summed E-state index contributed by atoms with van der Waals surface area (Å²) in [6.45, 7) is 0. The number of fused-ring (bicyclic) bond motifs is 8. The van der Waals surface area contributed by atoms with Crippen LogP contribution in [0.1, 0.15) is 0 Å². The highest BCUT2D eigenvalue weighted by Crippen LogP contribution is 2.38. The summed E-state index contributed by atoms with van der Waals surface area (Å²) in [7, 11) is 0. The molecule has 5 aromatic rings. The van der Waals surface area contributed by atoms with E-state index in [-0.39, 0.29) is 38.2 Å². The van der Waals surface area contributed by atoms with Gasteiger partial charge in [0.15, 0.2) is 0 Å². The highest BCUT2D eigenvalue weighted by atomic mass is 16.3. The Bertz CT molecular complexity index is 1540. The number of benzene rings is 2. The molecule has 0 atom stereocenters. The van der Waals surface area contributed by atoms with Crippen LogP contribution in [0.25, 0.3) is 43.4 Å². The SMILES string of the molecule is O=c1[nH]c(=O)c2c1c1[nH]c3cccc(O)c3c1c1c(=O)[nH]c(=O)c21. The van der Waals surface area contributed by atoms with Crippen molar-refractivity contribution in [3.05, 3.63) is 59.6 Å². The summed E-state index contributed by atoms with van der Waals surface area (Å²) >= 11 is 0. The van der Waals surface area contributed by atoms with E-state index in [1.165, 1.54) is 6.07 Å². The smallest absolute Gasteiger partial charge is 0.261 e. The summed E-state index contributed by atoms with van der Waals surface area (Å²) in [6, 6.07) is 4.70. The van der Waals surface area contributed by atoms with Gasteiger partial charge >= 0.3 is 0 Å². The normalized spacial score (nSPS) is 12.2. The minimum atomic E-state index is -0.734. The van der Waals surface area contributed by atoms with E-state index in [0.29, 0.717) is 10.9 Å². The lowest BCUT2D eigenvalue weighted by molar-refractivity contribution is 0.482. The predicted molar refractivity (Wildman–Crippen MR) is 88.6 cm³/mol. The molecule has 3 heterocycles. The topological polar surface area (TPSA) is 136 Å². The van der Waals surface area contributed by atoms with Crippen molar-refractivity contribution in [1.29, 1.82) is 0 Å². The van der Waals surface area contributed by atoms with Crippen molar-refractivity contribution in [2.24, 2.45) is 0 Å². The lowest BCUT2D eigenvalue weighted by Crippen LogP contribution is -2.08. The highest BCUT2D eigenvalue weighted by Gasteiger charge is 2.24. The van der Waals surface area contributed by atoms with Gasteiger partial charge in [0.25, 0.3) is 22.2 Å². The minimum absolute atomic E-state index is 0.00801. The van der Waals surface area contributed by atoms with Crippen molar-refractivity contribution in [1.82, 2.24) is 15.0 Å². The quantitative estimate of drug-likeness (QED) is 0.325. The zero-order valence-electron chi connectivity index (χ0n) is 11.8. The molecule has 116 valence electrons. The molecule has 5 rings (SSSR count). The van der Waals surface area contributed by atoms with Crippen molar-refractivity contribution in [3.8, 4) is 5.75 Å². The second-order valence-electron chi connectivity index (χ2n) is 5.64. The number of H-pyrrole nitrogens is 3. The van der Waals surface area contributed by atoms with Gasteiger partial charge in [0.1, 0.15) is 5.75 Å². The Morgan fingerprint density at radius 3 is 1.83 bits per heavy atom. The van der Waals surface area contributed by atoms with Gasteiger partial charge in [0.2, 0.25) is 0 Å². The molecule has 8 heteroatoms. The summed E-state index contributed by atoms with van der Waals surface area (Å²) in [5, 5.41) is 10.5. The van der Waals surface area contributed by atoms with Crippen LogP contribution in [0.5, 0.6) is 5.75 Å². The molecule has 0 bridgehead atoms. The Balaban J connectivity index is 2.41. The maximum atomic E-state index is 12.3.